The van der Waals surface area contributed by atoms with Crippen molar-refractivity contribution in [2.24, 2.45) is 17.3 Å². The molecule has 19 heavy (non-hydrogen) atoms. The van der Waals surface area contributed by atoms with E-state index in [2.05, 4.69) is 43.8 Å². The maximum Gasteiger partial charge on any atom is 0.124 e. The molecule has 0 radical (unpaired) electrons. The van der Waals surface area contributed by atoms with E-state index in [1.807, 2.05) is 0 Å². The first-order valence-corrected chi connectivity index (χ1v) is 7.77. The molecule has 0 bridgehead atoms. The zero-order chi connectivity index (χ0) is 13.6. The molecule has 3 rings (SSSR count). The molecule has 1 aromatic rings. The van der Waals surface area contributed by atoms with Gasteiger partial charge in [-0.3, -0.25) is 0 Å². The standard InChI is InChI=1S/C16H27N3/c1-11(16(2,3)4)8-13-9-15-17-10-12-6-5-7-14(12)19(15)18-13/h9,11-12,14,17H,5-8,10H2,1-4H3. The molecule has 1 aromatic heterocycles. The monoisotopic (exact) mass is 261 g/mol. The van der Waals surface area contributed by atoms with Gasteiger partial charge in [-0.25, -0.2) is 4.68 Å². The van der Waals surface area contributed by atoms with Gasteiger partial charge in [0.25, 0.3) is 0 Å². The Morgan fingerprint density at radius 2 is 2.21 bits per heavy atom. The Balaban J connectivity index is 1.79. The molecule has 3 nitrogen and oxygen atoms in total. The van der Waals surface area contributed by atoms with Crippen LogP contribution in [0.4, 0.5) is 5.82 Å². The maximum atomic E-state index is 4.90. The van der Waals surface area contributed by atoms with Crippen molar-refractivity contribution in [3.8, 4) is 0 Å². The zero-order valence-electron chi connectivity index (χ0n) is 12.7. The molecule has 3 heteroatoms. The average molecular weight is 261 g/mol. The van der Waals surface area contributed by atoms with Crippen molar-refractivity contribution < 1.29 is 0 Å². The first-order valence-electron chi connectivity index (χ1n) is 7.77. The van der Waals surface area contributed by atoms with E-state index in [9.17, 15) is 0 Å². The van der Waals surface area contributed by atoms with Gasteiger partial charge in [0.05, 0.1) is 11.7 Å². The molecule has 1 N–H and O–H groups in total. The third-order valence-electron chi connectivity index (χ3n) is 5.26. The van der Waals surface area contributed by atoms with Crippen LogP contribution < -0.4 is 5.32 Å². The van der Waals surface area contributed by atoms with Crippen LogP contribution in [0.2, 0.25) is 0 Å². The van der Waals surface area contributed by atoms with Crippen molar-refractivity contribution in [2.75, 3.05) is 11.9 Å². The van der Waals surface area contributed by atoms with Gasteiger partial charge in [-0.1, -0.05) is 34.1 Å². The molecule has 1 aliphatic carbocycles. The molecule has 0 saturated heterocycles. The Labute approximate surface area is 116 Å². The molecular weight excluding hydrogens is 234 g/mol. The topological polar surface area (TPSA) is 29.9 Å². The third kappa shape index (κ3) is 2.39. The molecule has 3 atom stereocenters. The Kier molecular flexibility index (Phi) is 3.11. The minimum Gasteiger partial charge on any atom is -0.370 e. The van der Waals surface area contributed by atoms with Crippen LogP contribution in [0, 0.1) is 17.3 Å². The second kappa shape index (κ2) is 4.53. The third-order valence-corrected chi connectivity index (χ3v) is 5.26. The lowest BCUT2D eigenvalue weighted by Gasteiger charge is -2.28. The molecule has 1 fully saturated rings. The van der Waals surface area contributed by atoms with Gasteiger partial charge in [-0.05, 0) is 36.5 Å². The zero-order valence-corrected chi connectivity index (χ0v) is 12.7. The van der Waals surface area contributed by atoms with Crippen molar-refractivity contribution in [3.63, 3.8) is 0 Å². The molecular formula is C16H27N3. The summed E-state index contributed by atoms with van der Waals surface area (Å²) in [5.41, 5.74) is 1.62. The average Bonchev–Trinajstić information content (AvgIpc) is 2.90. The molecule has 3 unspecified atom stereocenters. The van der Waals surface area contributed by atoms with Crippen molar-refractivity contribution in [1.29, 1.82) is 0 Å². The van der Waals surface area contributed by atoms with Crippen molar-refractivity contribution in [3.05, 3.63) is 11.8 Å². The highest BCUT2D eigenvalue weighted by Crippen LogP contribution is 2.40. The van der Waals surface area contributed by atoms with Gasteiger partial charge in [-0.2, -0.15) is 5.10 Å². The second-order valence-corrected chi connectivity index (χ2v) is 7.58. The summed E-state index contributed by atoms with van der Waals surface area (Å²) in [6.07, 6.45) is 5.13. The first kappa shape index (κ1) is 13.0. The predicted molar refractivity (Wildman–Crippen MR) is 79.4 cm³/mol. The van der Waals surface area contributed by atoms with Gasteiger partial charge in [0.1, 0.15) is 5.82 Å². The summed E-state index contributed by atoms with van der Waals surface area (Å²) in [4.78, 5) is 0. The molecule has 1 saturated carbocycles. The summed E-state index contributed by atoms with van der Waals surface area (Å²) in [5.74, 6) is 2.71. The van der Waals surface area contributed by atoms with Crippen molar-refractivity contribution in [1.82, 2.24) is 9.78 Å². The van der Waals surface area contributed by atoms with E-state index in [0.717, 1.165) is 18.9 Å². The van der Waals surface area contributed by atoms with Crippen LogP contribution in [0.15, 0.2) is 6.07 Å². The van der Waals surface area contributed by atoms with Gasteiger partial charge in [-0.15, -0.1) is 0 Å². The maximum absolute atomic E-state index is 4.90. The number of nitrogens with one attached hydrogen (secondary N) is 1. The van der Waals surface area contributed by atoms with Crippen LogP contribution in [0.5, 0.6) is 0 Å². The molecule has 2 heterocycles. The number of aromatic nitrogens is 2. The highest BCUT2D eigenvalue weighted by atomic mass is 15.4. The Hall–Kier alpha value is -0.990. The quantitative estimate of drug-likeness (QED) is 0.875. The Bertz CT molecular complexity index is 455. The summed E-state index contributed by atoms with van der Waals surface area (Å²) in [6, 6.07) is 2.94. The van der Waals surface area contributed by atoms with Crippen LogP contribution >= 0.6 is 0 Å². The van der Waals surface area contributed by atoms with Gasteiger partial charge < -0.3 is 5.32 Å². The Morgan fingerprint density at radius 3 is 2.95 bits per heavy atom. The van der Waals surface area contributed by atoms with Crippen LogP contribution in [0.3, 0.4) is 0 Å². The summed E-state index contributed by atoms with van der Waals surface area (Å²) < 4.78 is 2.28. The van der Waals surface area contributed by atoms with Crippen molar-refractivity contribution >= 4 is 5.82 Å². The lowest BCUT2D eigenvalue weighted by atomic mass is 9.79. The fourth-order valence-electron chi connectivity index (χ4n) is 3.36. The van der Waals surface area contributed by atoms with Crippen molar-refractivity contribution in [2.45, 2.75) is 59.4 Å². The van der Waals surface area contributed by atoms with E-state index < -0.39 is 0 Å². The highest BCUT2D eigenvalue weighted by molar-refractivity contribution is 5.40. The van der Waals surface area contributed by atoms with E-state index >= 15 is 0 Å². The minimum atomic E-state index is 0.355. The van der Waals surface area contributed by atoms with E-state index in [1.54, 1.807) is 0 Å². The van der Waals surface area contributed by atoms with Gasteiger partial charge in [0, 0.05) is 12.6 Å². The SMILES string of the molecule is CC(Cc1cc2n(n1)C1CCCC1CN2)C(C)(C)C. The summed E-state index contributed by atoms with van der Waals surface area (Å²) in [5, 5.41) is 8.47. The molecule has 1 aliphatic heterocycles. The number of rotatable bonds is 2. The lowest BCUT2D eigenvalue weighted by Crippen LogP contribution is -2.29. The normalized spacial score (nSPS) is 27.6. The lowest BCUT2D eigenvalue weighted by molar-refractivity contribution is 0.257. The van der Waals surface area contributed by atoms with Crippen LogP contribution in [-0.4, -0.2) is 16.3 Å². The number of anilines is 1. The molecule has 106 valence electrons. The second-order valence-electron chi connectivity index (χ2n) is 7.58. The molecule has 0 amide bonds. The van der Waals surface area contributed by atoms with Crippen LogP contribution in [0.25, 0.3) is 0 Å². The summed E-state index contributed by atoms with van der Waals surface area (Å²) in [7, 11) is 0. The Morgan fingerprint density at radius 1 is 1.42 bits per heavy atom. The summed E-state index contributed by atoms with van der Waals surface area (Å²) >= 11 is 0. The van der Waals surface area contributed by atoms with E-state index in [0.29, 0.717) is 17.4 Å². The van der Waals surface area contributed by atoms with E-state index in [4.69, 9.17) is 5.10 Å². The fraction of sp³-hybridized carbons (Fsp3) is 0.812. The molecule has 2 aliphatic rings. The molecule has 0 spiro atoms. The van der Waals surface area contributed by atoms with E-state index in [1.165, 1.54) is 30.8 Å². The van der Waals surface area contributed by atoms with Gasteiger partial charge in [0.2, 0.25) is 0 Å². The number of fused-ring (bicyclic) bond motifs is 3. The highest BCUT2D eigenvalue weighted by Gasteiger charge is 2.34. The minimum absolute atomic E-state index is 0.355. The summed E-state index contributed by atoms with van der Waals surface area (Å²) in [6.45, 7) is 10.4. The number of nitrogens with zero attached hydrogens (tertiary/aromatic N) is 2. The fourth-order valence-corrected chi connectivity index (χ4v) is 3.36. The first-order chi connectivity index (χ1) is 8.95. The van der Waals surface area contributed by atoms with Gasteiger partial charge >= 0.3 is 0 Å². The van der Waals surface area contributed by atoms with E-state index in [-0.39, 0.29) is 0 Å². The van der Waals surface area contributed by atoms with Crippen LogP contribution in [0.1, 0.15) is 58.7 Å². The molecule has 0 aromatic carbocycles. The predicted octanol–water partition coefficient (Wildman–Crippen LogP) is 3.87. The van der Waals surface area contributed by atoms with Gasteiger partial charge in [0.15, 0.2) is 0 Å². The smallest absolute Gasteiger partial charge is 0.124 e. The number of hydrogen-bond donors (Lipinski definition) is 1. The van der Waals surface area contributed by atoms with Crippen LogP contribution in [-0.2, 0) is 6.42 Å². The largest absolute Gasteiger partial charge is 0.370 e. The number of hydrogen-bond acceptors (Lipinski definition) is 2.